The van der Waals surface area contributed by atoms with Crippen molar-refractivity contribution in [3.63, 3.8) is 0 Å². The van der Waals surface area contributed by atoms with Crippen LogP contribution in [0.4, 0.5) is 0 Å². The Balaban J connectivity index is 3.09. The van der Waals surface area contributed by atoms with Gasteiger partial charge in [0.2, 0.25) is 0 Å². The van der Waals surface area contributed by atoms with E-state index in [9.17, 15) is 10.2 Å². The first kappa shape index (κ1) is 15.9. The quantitative estimate of drug-likeness (QED) is 0.532. The topological polar surface area (TPSA) is 40.5 Å². The fourth-order valence-corrected chi connectivity index (χ4v) is 1.97. The molecule has 0 spiro atoms. The van der Waals surface area contributed by atoms with Gasteiger partial charge in [-0.25, -0.2) is 0 Å². The van der Waals surface area contributed by atoms with Crippen molar-refractivity contribution in [1.82, 2.24) is 0 Å². The van der Waals surface area contributed by atoms with Crippen LogP contribution in [0.25, 0.3) is 0 Å². The van der Waals surface area contributed by atoms with E-state index >= 15 is 0 Å². The smallest absolute Gasteiger partial charge is 0.0540 e. The number of aliphatic hydroxyl groups is 2. The molecule has 98 valence electrons. The van der Waals surface area contributed by atoms with Gasteiger partial charge in [-0.15, -0.1) is 0 Å². The summed E-state index contributed by atoms with van der Waals surface area (Å²) in [7, 11) is 0. The van der Waals surface area contributed by atoms with Crippen LogP contribution in [-0.4, -0.2) is 22.4 Å². The van der Waals surface area contributed by atoms with Crippen molar-refractivity contribution < 1.29 is 10.2 Å². The minimum atomic E-state index is -0.0913. The van der Waals surface area contributed by atoms with Crippen molar-refractivity contribution >= 4 is 0 Å². The molecule has 0 saturated carbocycles. The van der Waals surface area contributed by atoms with Crippen molar-refractivity contribution in [2.75, 3.05) is 0 Å². The summed E-state index contributed by atoms with van der Waals surface area (Å²) in [6.07, 6.45) is 10.6. The van der Waals surface area contributed by atoms with Crippen LogP contribution in [-0.2, 0) is 0 Å². The molecule has 0 fully saturated rings. The summed E-state index contributed by atoms with van der Waals surface area (Å²) in [6, 6.07) is 0. The summed E-state index contributed by atoms with van der Waals surface area (Å²) in [6.45, 7) is 4.14. The molecule has 0 rings (SSSR count). The van der Waals surface area contributed by atoms with E-state index in [0.717, 1.165) is 44.9 Å². The van der Waals surface area contributed by atoms with Crippen LogP contribution in [0.15, 0.2) is 0 Å². The second kappa shape index (κ2) is 11.4. The highest BCUT2D eigenvalue weighted by molar-refractivity contribution is 4.56. The first-order chi connectivity index (χ1) is 7.70. The predicted molar refractivity (Wildman–Crippen MR) is 69.5 cm³/mol. The molecule has 16 heavy (non-hydrogen) atoms. The Morgan fingerprint density at radius 3 is 1.69 bits per heavy atom. The maximum absolute atomic E-state index is 9.52. The highest BCUT2D eigenvalue weighted by atomic mass is 16.3. The Bertz CT molecular complexity index is 137. The molecule has 0 aromatic heterocycles. The molecule has 0 heterocycles. The van der Waals surface area contributed by atoms with Gasteiger partial charge in [0.25, 0.3) is 0 Å². The molecule has 0 amide bonds. The molecule has 0 aromatic rings. The third-order valence-electron chi connectivity index (χ3n) is 3.17. The van der Waals surface area contributed by atoms with Gasteiger partial charge in [0.15, 0.2) is 0 Å². The van der Waals surface area contributed by atoms with Crippen LogP contribution in [0.3, 0.4) is 0 Å². The van der Waals surface area contributed by atoms with E-state index in [1.54, 1.807) is 0 Å². The second-order valence-electron chi connectivity index (χ2n) is 4.85. The highest BCUT2D eigenvalue weighted by Gasteiger charge is 2.02. The van der Waals surface area contributed by atoms with E-state index in [2.05, 4.69) is 6.92 Å². The van der Waals surface area contributed by atoms with Gasteiger partial charge in [-0.1, -0.05) is 52.4 Å². The lowest BCUT2D eigenvalue weighted by Gasteiger charge is -2.09. The molecular weight excluding hydrogens is 200 g/mol. The molecule has 0 aliphatic heterocycles. The lowest BCUT2D eigenvalue weighted by Crippen LogP contribution is -2.05. The van der Waals surface area contributed by atoms with E-state index in [4.69, 9.17) is 0 Å². The minimum absolute atomic E-state index is 0.0769. The molecule has 0 aliphatic rings. The average molecular weight is 230 g/mol. The van der Waals surface area contributed by atoms with Crippen molar-refractivity contribution in [3.8, 4) is 0 Å². The Hall–Kier alpha value is -0.0800. The zero-order valence-electron chi connectivity index (χ0n) is 11.1. The summed E-state index contributed by atoms with van der Waals surface area (Å²) < 4.78 is 0. The molecule has 2 heteroatoms. The molecule has 2 unspecified atom stereocenters. The van der Waals surface area contributed by atoms with Gasteiger partial charge in [-0.3, -0.25) is 0 Å². The second-order valence-corrected chi connectivity index (χ2v) is 4.85. The summed E-state index contributed by atoms with van der Waals surface area (Å²) in [5.41, 5.74) is 0. The van der Waals surface area contributed by atoms with Crippen molar-refractivity contribution in [3.05, 3.63) is 0 Å². The van der Waals surface area contributed by atoms with Gasteiger partial charge < -0.3 is 10.2 Å². The Morgan fingerprint density at radius 2 is 1.19 bits per heavy atom. The van der Waals surface area contributed by atoms with Gasteiger partial charge >= 0.3 is 0 Å². The van der Waals surface area contributed by atoms with Crippen LogP contribution in [0.1, 0.15) is 78.1 Å². The lowest BCUT2D eigenvalue weighted by molar-refractivity contribution is 0.149. The van der Waals surface area contributed by atoms with Crippen LogP contribution < -0.4 is 0 Å². The van der Waals surface area contributed by atoms with Crippen LogP contribution >= 0.6 is 0 Å². The van der Waals surface area contributed by atoms with E-state index in [1.165, 1.54) is 19.3 Å². The van der Waals surface area contributed by atoms with Crippen molar-refractivity contribution in [1.29, 1.82) is 0 Å². The molecule has 0 bridgehead atoms. The molecule has 2 atom stereocenters. The van der Waals surface area contributed by atoms with Gasteiger partial charge in [-0.2, -0.15) is 0 Å². The molecule has 0 saturated heterocycles. The molecule has 0 radical (unpaired) electrons. The number of unbranched alkanes of at least 4 members (excludes halogenated alkanes) is 4. The molecule has 2 N–H and O–H groups in total. The first-order valence-electron chi connectivity index (χ1n) is 7.06. The maximum Gasteiger partial charge on any atom is 0.0540 e. The summed E-state index contributed by atoms with van der Waals surface area (Å²) in [5.74, 6) is 0. The Kier molecular flexibility index (Phi) is 11.3. The largest absolute Gasteiger partial charge is 0.393 e. The number of hydrogen-bond donors (Lipinski definition) is 2. The number of aliphatic hydroxyl groups excluding tert-OH is 2. The Morgan fingerprint density at radius 1 is 0.688 bits per heavy atom. The average Bonchev–Trinajstić information content (AvgIpc) is 2.27. The van der Waals surface area contributed by atoms with Crippen LogP contribution in [0.5, 0.6) is 0 Å². The van der Waals surface area contributed by atoms with Crippen molar-refractivity contribution in [2.45, 2.75) is 90.3 Å². The van der Waals surface area contributed by atoms with E-state index in [-0.39, 0.29) is 12.2 Å². The first-order valence-corrected chi connectivity index (χ1v) is 7.06. The number of rotatable bonds is 11. The van der Waals surface area contributed by atoms with E-state index < -0.39 is 0 Å². The van der Waals surface area contributed by atoms with Gasteiger partial charge in [0.1, 0.15) is 0 Å². The SMILES string of the molecule is CCCC(O)CCCCCCCC(O)CC. The zero-order chi connectivity index (χ0) is 12.2. The monoisotopic (exact) mass is 230 g/mol. The summed E-state index contributed by atoms with van der Waals surface area (Å²) in [5, 5.41) is 18.9. The lowest BCUT2D eigenvalue weighted by atomic mass is 10.0. The minimum Gasteiger partial charge on any atom is -0.393 e. The van der Waals surface area contributed by atoms with Crippen LogP contribution in [0.2, 0.25) is 0 Å². The molecule has 0 aromatic carbocycles. The fraction of sp³-hybridized carbons (Fsp3) is 1.00. The standard InChI is InChI=1S/C14H30O2/c1-3-10-14(16)12-9-7-5-6-8-11-13(15)4-2/h13-16H,3-12H2,1-2H3. The molecule has 0 aliphatic carbocycles. The maximum atomic E-state index is 9.52. The van der Waals surface area contributed by atoms with Gasteiger partial charge in [-0.05, 0) is 25.7 Å². The molecule has 2 nitrogen and oxygen atoms in total. The normalized spacial score (nSPS) is 15.0. The summed E-state index contributed by atoms with van der Waals surface area (Å²) in [4.78, 5) is 0. The Labute approximate surface area is 101 Å². The van der Waals surface area contributed by atoms with Crippen LogP contribution in [0, 0.1) is 0 Å². The third kappa shape index (κ3) is 10.4. The zero-order valence-corrected chi connectivity index (χ0v) is 11.1. The van der Waals surface area contributed by atoms with E-state index in [1.807, 2.05) is 6.92 Å². The summed E-state index contributed by atoms with van der Waals surface area (Å²) >= 11 is 0. The van der Waals surface area contributed by atoms with Gasteiger partial charge in [0.05, 0.1) is 12.2 Å². The predicted octanol–water partition coefficient (Wildman–Crippen LogP) is 3.65. The number of hydrogen-bond acceptors (Lipinski definition) is 2. The van der Waals surface area contributed by atoms with E-state index in [0.29, 0.717) is 0 Å². The molecular formula is C14H30O2. The fourth-order valence-electron chi connectivity index (χ4n) is 1.97. The van der Waals surface area contributed by atoms with Gasteiger partial charge in [0, 0.05) is 0 Å². The highest BCUT2D eigenvalue weighted by Crippen LogP contribution is 2.12. The third-order valence-corrected chi connectivity index (χ3v) is 3.17. The van der Waals surface area contributed by atoms with Crippen molar-refractivity contribution in [2.24, 2.45) is 0 Å².